The Labute approximate surface area is 165 Å². The van der Waals surface area contributed by atoms with E-state index in [1.165, 1.54) is 39.7 Å². The van der Waals surface area contributed by atoms with E-state index in [0.29, 0.717) is 22.8 Å². The van der Waals surface area contributed by atoms with Crippen molar-refractivity contribution in [2.24, 2.45) is 5.10 Å². The molecule has 0 spiro atoms. The number of nitrogens with one attached hydrogen (secondary N) is 2. The smallest absolute Gasteiger partial charge is 0.416 e. The van der Waals surface area contributed by atoms with E-state index in [0.717, 1.165) is 12.1 Å². The average molecular weight is 411 g/mol. The monoisotopic (exact) mass is 411 g/mol. The summed E-state index contributed by atoms with van der Waals surface area (Å²) in [4.78, 5) is 11.9. The molecule has 29 heavy (non-hydrogen) atoms. The molecule has 0 heterocycles. The van der Waals surface area contributed by atoms with Crippen LogP contribution in [-0.4, -0.2) is 40.0 Å². The fraction of sp³-hybridized carbons (Fsp3) is 0.263. The maximum Gasteiger partial charge on any atom is 0.416 e. The van der Waals surface area contributed by atoms with E-state index in [9.17, 15) is 18.0 Å². The van der Waals surface area contributed by atoms with Crippen molar-refractivity contribution in [2.45, 2.75) is 6.18 Å². The van der Waals surface area contributed by atoms with Gasteiger partial charge in [0.05, 0.1) is 39.7 Å². The number of nitrogens with zero attached hydrogens (tertiary/aromatic N) is 1. The number of benzene rings is 2. The highest BCUT2D eigenvalue weighted by atomic mass is 19.4. The summed E-state index contributed by atoms with van der Waals surface area (Å²) in [7, 11) is 4.40. The second-order valence-corrected chi connectivity index (χ2v) is 5.65. The number of alkyl halides is 3. The molecule has 0 radical (unpaired) electrons. The maximum atomic E-state index is 12.7. The van der Waals surface area contributed by atoms with Crippen molar-refractivity contribution < 1.29 is 32.2 Å². The predicted molar refractivity (Wildman–Crippen MR) is 102 cm³/mol. The Morgan fingerprint density at radius 2 is 1.79 bits per heavy atom. The van der Waals surface area contributed by atoms with Gasteiger partial charge < -0.3 is 19.5 Å². The Morgan fingerprint density at radius 1 is 1.07 bits per heavy atom. The molecule has 0 aliphatic heterocycles. The largest absolute Gasteiger partial charge is 0.493 e. The number of rotatable bonds is 8. The topological polar surface area (TPSA) is 81.2 Å². The lowest BCUT2D eigenvalue weighted by molar-refractivity contribution is -0.137. The lowest BCUT2D eigenvalue weighted by atomic mass is 10.2. The highest BCUT2D eigenvalue weighted by Crippen LogP contribution is 2.39. The normalized spacial score (nSPS) is 11.2. The van der Waals surface area contributed by atoms with E-state index in [1.54, 1.807) is 12.1 Å². The molecule has 0 saturated heterocycles. The molecule has 0 bridgehead atoms. The van der Waals surface area contributed by atoms with Crippen molar-refractivity contribution >= 4 is 17.8 Å². The summed E-state index contributed by atoms with van der Waals surface area (Å²) in [5.74, 6) is 0.664. The number of methoxy groups -OCH3 is 3. The van der Waals surface area contributed by atoms with Crippen LogP contribution in [0.1, 0.15) is 11.1 Å². The number of hydrazone groups is 1. The van der Waals surface area contributed by atoms with Gasteiger partial charge in [0.15, 0.2) is 11.5 Å². The van der Waals surface area contributed by atoms with Crippen LogP contribution in [0.4, 0.5) is 18.9 Å². The number of carbonyl (C=O) groups excluding carboxylic acids is 1. The first-order valence-electron chi connectivity index (χ1n) is 8.32. The Balaban J connectivity index is 1.99. The highest BCUT2D eigenvalue weighted by molar-refractivity contribution is 5.88. The van der Waals surface area contributed by atoms with Gasteiger partial charge in [0.1, 0.15) is 0 Å². The van der Waals surface area contributed by atoms with Crippen LogP contribution >= 0.6 is 0 Å². The second kappa shape index (κ2) is 9.67. The fourth-order valence-electron chi connectivity index (χ4n) is 2.43. The van der Waals surface area contributed by atoms with Gasteiger partial charge in [-0.15, -0.1) is 0 Å². The lowest BCUT2D eigenvalue weighted by Gasteiger charge is -2.13. The molecule has 0 aromatic heterocycles. The Kier molecular flexibility index (Phi) is 7.29. The summed E-state index contributed by atoms with van der Waals surface area (Å²) in [6.07, 6.45) is -3.11. The van der Waals surface area contributed by atoms with Crippen molar-refractivity contribution in [3.63, 3.8) is 0 Å². The predicted octanol–water partition coefficient (Wildman–Crippen LogP) is 3.29. The Bertz CT molecular complexity index is 885. The van der Waals surface area contributed by atoms with Gasteiger partial charge in [-0.2, -0.15) is 18.3 Å². The van der Waals surface area contributed by atoms with Crippen LogP contribution in [0.2, 0.25) is 0 Å². The molecule has 7 nitrogen and oxygen atoms in total. The molecule has 1 amide bonds. The zero-order chi connectivity index (χ0) is 21.4. The van der Waals surface area contributed by atoms with E-state index in [4.69, 9.17) is 14.2 Å². The van der Waals surface area contributed by atoms with Crippen LogP contribution in [0.25, 0.3) is 0 Å². The molecule has 156 valence electrons. The SMILES string of the molecule is COc1ccc(/C=N\NC(=O)CNc2cccc(C(F)(F)F)c2)c(OC)c1OC. The molecule has 0 aliphatic rings. The van der Waals surface area contributed by atoms with E-state index in [-0.39, 0.29) is 12.2 Å². The minimum Gasteiger partial charge on any atom is -0.493 e. The number of halogens is 3. The molecule has 10 heteroatoms. The number of carbonyl (C=O) groups is 1. The quantitative estimate of drug-likeness (QED) is 0.515. The first kappa shape index (κ1) is 21.9. The van der Waals surface area contributed by atoms with Crippen molar-refractivity contribution in [2.75, 3.05) is 33.2 Å². The number of hydrogen-bond acceptors (Lipinski definition) is 6. The summed E-state index contributed by atoms with van der Waals surface area (Å²) in [5.41, 5.74) is 2.17. The fourth-order valence-corrected chi connectivity index (χ4v) is 2.43. The van der Waals surface area contributed by atoms with E-state index in [2.05, 4.69) is 15.8 Å². The van der Waals surface area contributed by atoms with Crippen molar-refractivity contribution in [1.29, 1.82) is 0 Å². The van der Waals surface area contributed by atoms with Crippen molar-refractivity contribution in [3.05, 3.63) is 47.5 Å². The van der Waals surface area contributed by atoms with Gasteiger partial charge in [0, 0.05) is 11.3 Å². The molecule has 0 fully saturated rings. The van der Waals surface area contributed by atoms with Crippen LogP contribution in [0, 0.1) is 0 Å². The highest BCUT2D eigenvalue weighted by Gasteiger charge is 2.30. The van der Waals surface area contributed by atoms with Gasteiger partial charge in [0.25, 0.3) is 5.91 Å². The lowest BCUT2D eigenvalue weighted by Crippen LogP contribution is -2.26. The van der Waals surface area contributed by atoms with E-state index >= 15 is 0 Å². The standard InChI is InChI=1S/C19H20F3N3O4/c1-27-15-8-7-12(17(28-2)18(15)29-3)10-24-25-16(26)11-23-14-6-4-5-13(9-14)19(20,21)22/h4-10,23H,11H2,1-3H3,(H,25,26)/b24-10-. The van der Waals surface area contributed by atoms with Gasteiger partial charge in [0.2, 0.25) is 5.75 Å². The first-order valence-corrected chi connectivity index (χ1v) is 8.32. The molecule has 2 rings (SSSR count). The second-order valence-electron chi connectivity index (χ2n) is 5.65. The molecular weight excluding hydrogens is 391 g/mol. The van der Waals surface area contributed by atoms with Crippen LogP contribution in [0.3, 0.4) is 0 Å². The number of amides is 1. The maximum absolute atomic E-state index is 12.7. The zero-order valence-electron chi connectivity index (χ0n) is 16.0. The number of hydrogen-bond donors (Lipinski definition) is 2. The van der Waals surface area contributed by atoms with Crippen LogP contribution < -0.4 is 25.0 Å². The summed E-state index contributed by atoms with van der Waals surface area (Å²) in [6.45, 7) is -0.262. The Morgan fingerprint density at radius 3 is 2.41 bits per heavy atom. The third-order valence-corrected chi connectivity index (χ3v) is 3.77. The summed E-state index contributed by atoms with van der Waals surface area (Å²) in [5, 5.41) is 6.44. The van der Waals surface area contributed by atoms with E-state index in [1.807, 2.05) is 0 Å². The van der Waals surface area contributed by atoms with Gasteiger partial charge in [-0.25, -0.2) is 5.43 Å². The summed E-state index contributed by atoms with van der Waals surface area (Å²) < 4.78 is 53.9. The van der Waals surface area contributed by atoms with Gasteiger partial charge in [-0.3, -0.25) is 4.79 Å². The minimum absolute atomic E-state index is 0.167. The summed E-state index contributed by atoms with van der Waals surface area (Å²) in [6, 6.07) is 7.87. The molecule has 2 aromatic carbocycles. The minimum atomic E-state index is -4.46. The van der Waals surface area contributed by atoms with Gasteiger partial charge in [-0.05, 0) is 30.3 Å². The van der Waals surface area contributed by atoms with Crippen LogP contribution in [0.15, 0.2) is 41.5 Å². The van der Waals surface area contributed by atoms with Crippen molar-refractivity contribution in [3.8, 4) is 17.2 Å². The molecule has 2 aromatic rings. The van der Waals surface area contributed by atoms with Crippen LogP contribution in [0.5, 0.6) is 17.2 Å². The van der Waals surface area contributed by atoms with Crippen LogP contribution in [-0.2, 0) is 11.0 Å². The third kappa shape index (κ3) is 5.77. The van der Waals surface area contributed by atoms with E-state index < -0.39 is 17.6 Å². The van der Waals surface area contributed by atoms with Gasteiger partial charge in [-0.1, -0.05) is 6.07 Å². The Hall–Kier alpha value is -3.43. The molecule has 0 aliphatic carbocycles. The molecule has 2 N–H and O–H groups in total. The first-order chi connectivity index (χ1) is 13.8. The number of anilines is 1. The third-order valence-electron chi connectivity index (χ3n) is 3.77. The van der Waals surface area contributed by atoms with Gasteiger partial charge >= 0.3 is 6.18 Å². The molecular formula is C19H20F3N3O4. The van der Waals surface area contributed by atoms with Crippen molar-refractivity contribution in [1.82, 2.24) is 5.43 Å². The number of ether oxygens (including phenoxy) is 3. The molecule has 0 atom stereocenters. The molecule has 0 saturated carbocycles. The molecule has 0 unspecified atom stereocenters. The zero-order valence-corrected chi connectivity index (χ0v) is 16.0. The summed E-state index contributed by atoms with van der Waals surface area (Å²) >= 11 is 0. The average Bonchev–Trinajstić information content (AvgIpc) is 2.71.